The summed E-state index contributed by atoms with van der Waals surface area (Å²) in [4.78, 5) is 10.7. The van der Waals surface area contributed by atoms with Gasteiger partial charge in [-0.25, -0.2) is 0 Å². The number of rotatable bonds is 2. The van der Waals surface area contributed by atoms with Crippen molar-refractivity contribution in [3.63, 3.8) is 0 Å². The summed E-state index contributed by atoms with van der Waals surface area (Å²) in [6, 6.07) is 0.981. The highest BCUT2D eigenvalue weighted by Gasteiger charge is 2.31. The maximum atomic E-state index is 10.7. The summed E-state index contributed by atoms with van der Waals surface area (Å²) in [5.74, 6) is 0.0826. The fourth-order valence-corrected chi connectivity index (χ4v) is 1.75. The molecule has 0 atom stereocenters. The lowest BCUT2D eigenvalue weighted by molar-refractivity contribution is -0.120. The quantitative estimate of drug-likeness (QED) is 0.673. The van der Waals surface area contributed by atoms with Gasteiger partial charge in [0.25, 0.3) is 0 Å². The zero-order valence-electron chi connectivity index (χ0n) is 8.98. The lowest BCUT2D eigenvalue weighted by Gasteiger charge is -2.40. The van der Waals surface area contributed by atoms with Gasteiger partial charge in [0.05, 0.1) is 0 Å². The zero-order chi connectivity index (χ0) is 10.1. The summed E-state index contributed by atoms with van der Waals surface area (Å²) in [6.45, 7) is 8.07. The van der Waals surface area contributed by atoms with E-state index in [0.29, 0.717) is 12.1 Å². The summed E-state index contributed by atoms with van der Waals surface area (Å²) in [5, 5.41) is 6.42. The maximum absolute atomic E-state index is 10.7. The van der Waals surface area contributed by atoms with Crippen LogP contribution in [0.1, 0.15) is 40.5 Å². The van der Waals surface area contributed by atoms with Crippen molar-refractivity contribution in [2.45, 2.75) is 58.2 Å². The van der Waals surface area contributed by atoms with Crippen molar-refractivity contribution in [3.8, 4) is 0 Å². The van der Waals surface area contributed by atoms with Crippen molar-refractivity contribution in [2.75, 3.05) is 0 Å². The average Bonchev–Trinajstić information content (AvgIpc) is 1.78. The van der Waals surface area contributed by atoms with Gasteiger partial charge in [0.15, 0.2) is 0 Å². The Hall–Kier alpha value is -0.570. The molecule has 0 aromatic heterocycles. The van der Waals surface area contributed by atoms with Crippen LogP contribution in [0.5, 0.6) is 0 Å². The predicted octanol–water partition coefficient (Wildman–Crippen LogP) is 1.04. The number of hydrogen-bond donors (Lipinski definition) is 2. The van der Waals surface area contributed by atoms with Crippen LogP contribution in [0.2, 0.25) is 0 Å². The number of carbonyl (C=O) groups excluding carboxylic acids is 1. The van der Waals surface area contributed by atoms with Crippen LogP contribution in [0.15, 0.2) is 0 Å². The lowest BCUT2D eigenvalue weighted by Crippen LogP contribution is -2.56. The first-order chi connectivity index (χ1) is 5.87. The number of amides is 1. The molecule has 1 amide bonds. The van der Waals surface area contributed by atoms with Crippen LogP contribution in [0.4, 0.5) is 0 Å². The van der Waals surface area contributed by atoms with Crippen molar-refractivity contribution in [3.05, 3.63) is 0 Å². The van der Waals surface area contributed by atoms with Crippen LogP contribution in [-0.2, 0) is 4.79 Å². The Morgan fingerprint density at radius 1 is 1.23 bits per heavy atom. The van der Waals surface area contributed by atoms with E-state index >= 15 is 0 Å². The molecular formula is C10H20N2O. The Balaban J connectivity index is 2.15. The fraction of sp³-hybridized carbons (Fsp3) is 0.900. The van der Waals surface area contributed by atoms with Gasteiger partial charge in [-0.3, -0.25) is 4.79 Å². The fourth-order valence-electron chi connectivity index (χ4n) is 1.75. The molecule has 2 N–H and O–H groups in total. The summed E-state index contributed by atoms with van der Waals surface area (Å²) in [7, 11) is 0. The third-order valence-corrected chi connectivity index (χ3v) is 2.18. The van der Waals surface area contributed by atoms with Gasteiger partial charge in [0.2, 0.25) is 5.91 Å². The Kier molecular flexibility index (Phi) is 2.96. The summed E-state index contributed by atoms with van der Waals surface area (Å²) < 4.78 is 0. The second kappa shape index (κ2) is 3.66. The molecule has 0 aromatic carbocycles. The third kappa shape index (κ3) is 3.77. The van der Waals surface area contributed by atoms with E-state index in [1.165, 1.54) is 0 Å². The van der Waals surface area contributed by atoms with Gasteiger partial charge >= 0.3 is 0 Å². The maximum Gasteiger partial charge on any atom is 0.217 e. The Morgan fingerprint density at radius 2 is 1.77 bits per heavy atom. The molecule has 0 bridgehead atoms. The lowest BCUT2D eigenvalue weighted by atomic mass is 9.85. The molecular weight excluding hydrogens is 164 g/mol. The smallest absolute Gasteiger partial charge is 0.217 e. The molecule has 1 aliphatic rings. The largest absolute Gasteiger partial charge is 0.353 e. The first-order valence-electron chi connectivity index (χ1n) is 4.91. The van der Waals surface area contributed by atoms with Crippen LogP contribution in [0.3, 0.4) is 0 Å². The average molecular weight is 184 g/mol. The van der Waals surface area contributed by atoms with Crippen molar-refractivity contribution in [1.82, 2.24) is 10.6 Å². The van der Waals surface area contributed by atoms with Gasteiger partial charge in [-0.1, -0.05) is 0 Å². The molecule has 76 valence electrons. The molecule has 0 unspecified atom stereocenters. The SMILES string of the molecule is CC(=O)N[C@H]1C[C@@H](NC(C)(C)C)C1. The van der Waals surface area contributed by atoms with Gasteiger partial charge in [-0.15, -0.1) is 0 Å². The van der Waals surface area contributed by atoms with E-state index in [4.69, 9.17) is 0 Å². The van der Waals surface area contributed by atoms with Crippen LogP contribution in [0.25, 0.3) is 0 Å². The predicted molar refractivity (Wildman–Crippen MR) is 53.5 cm³/mol. The Morgan fingerprint density at radius 3 is 2.15 bits per heavy atom. The highest BCUT2D eigenvalue weighted by Crippen LogP contribution is 2.22. The first kappa shape index (κ1) is 10.5. The minimum Gasteiger partial charge on any atom is -0.353 e. The molecule has 0 aromatic rings. The monoisotopic (exact) mass is 184 g/mol. The van der Waals surface area contributed by atoms with Gasteiger partial charge in [0.1, 0.15) is 0 Å². The summed E-state index contributed by atoms with van der Waals surface area (Å²) >= 11 is 0. The first-order valence-corrected chi connectivity index (χ1v) is 4.91. The van der Waals surface area contributed by atoms with E-state index < -0.39 is 0 Å². The van der Waals surface area contributed by atoms with Gasteiger partial charge in [-0.05, 0) is 33.6 Å². The molecule has 0 aliphatic heterocycles. The molecule has 3 nitrogen and oxygen atoms in total. The molecule has 13 heavy (non-hydrogen) atoms. The molecule has 0 heterocycles. The van der Waals surface area contributed by atoms with Crippen LogP contribution < -0.4 is 10.6 Å². The van der Waals surface area contributed by atoms with Crippen LogP contribution in [0, 0.1) is 0 Å². The highest BCUT2D eigenvalue weighted by atomic mass is 16.1. The summed E-state index contributed by atoms with van der Waals surface area (Å²) in [6.07, 6.45) is 2.13. The third-order valence-electron chi connectivity index (χ3n) is 2.18. The molecule has 1 rings (SSSR count). The van der Waals surface area contributed by atoms with Gasteiger partial charge < -0.3 is 10.6 Å². The molecule has 3 heteroatoms. The normalized spacial score (nSPS) is 28.0. The van der Waals surface area contributed by atoms with Gasteiger partial charge in [0, 0.05) is 24.5 Å². The topological polar surface area (TPSA) is 41.1 Å². The minimum absolute atomic E-state index is 0.0826. The van der Waals surface area contributed by atoms with E-state index in [0.717, 1.165) is 12.8 Å². The van der Waals surface area contributed by atoms with Crippen LogP contribution in [-0.4, -0.2) is 23.5 Å². The van der Waals surface area contributed by atoms with Crippen molar-refractivity contribution in [1.29, 1.82) is 0 Å². The van der Waals surface area contributed by atoms with E-state index in [-0.39, 0.29) is 11.4 Å². The Bertz CT molecular complexity index is 190. The molecule has 0 saturated heterocycles. The van der Waals surface area contributed by atoms with E-state index in [1.54, 1.807) is 6.92 Å². The molecule has 1 fully saturated rings. The molecule has 0 radical (unpaired) electrons. The van der Waals surface area contributed by atoms with Crippen molar-refractivity contribution < 1.29 is 4.79 Å². The highest BCUT2D eigenvalue weighted by molar-refractivity contribution is 5.73. The minimum atomic E-state index is 0.0826. The number of hydrogen-bond acceptors (Lipinski definition) is 2. The van der Waals surface area contributed by atoms with E-state index in [2.05, 4.69) is 31.4 Å². The van der Waals surface area contributed by atoms with Crippen LogP contribution >= 0.6 is 0 Å². The Labute approximate surface area is 80.3 Å². The molecule has 0 spiro atoms. The standard InChI is InChI=1S/C10H20N2O/c1-7(13)11-8-5-9(6-8)12-10(2,3)4/h8-9,12H,5-6H2,1-4H3,(H,11,13)/t8-,9+. The molecule has 1 aliphatic carbocycles. The number of nitrogens with one attached hydrogen (secondary N) is 2. The number of carbonyl (C=O) groups is 1. The second-order valence-electron chi connectivity index (χ2n) is 4.96. The zero-order valence-corrected chi connectivity index (χ0v) is 8.98. The van der Waals surface area contributed by atoms with E-state index in [9.17, 15) is 4.79 Å². The van der Waals surface area contributed by atoms with Gasteiger partial charge in [-0.2, -0.15) is 0 Å². The van der Waals surface area contributed by atoms with E-state index in [1.807, 2.05) is 0 Å². The molecule has 1 saturated carbocycles. The summed E-state index contributed by atoms with van der Waals surface area (Å²) in [5.41, 5.74) is 0.186. The van der Waals surface area contributed by atoms with Crippen molar-refractivity contribution in [2.24, 2.45) is 0 Å². The second-order valence-corrected chi connectivity index (χ2v) is 4.96. The van der Waals surface area contributed by atoms with Crippen molar-refractivity contribution >= 4 is 5.91 Å².